The van der Waals surface area contributed by atoms with Gasteiger partial charge in [0.2, 0.25) is 0 Å². The van der Waals surface area contributed by atoms with Crippen molar-refractivity contribution < 1.29 is 0 Å². The molecule has 8 heavy (non-hydrogen) atoms. The van der Waals surface area contributed by atoms with Gasteiger partial charge in [-0.2, -0.15) is 4.37 Å². The molecule has 0 fully saturated rings. The third kappa shape index (κ3) is 0.980. The van der Waals surface area contributed by atoms with Gasteiger partial charge in [-0.1, -0.05) is 12.7 Å². The zero-order chi connectivity index (χ0) is 5.98. The van der Waals surface area contributed by atoms with E-state index in [1.165, 1.54) is 11.5 Å². The van der Waals surface area contributed by atoms with Crippen molar-refractivity contribution in [2.24, 2.45) is 0 Å². The predicted octanol–water partition coefficient (Wildman–Crippen LogP) is 2.55. The van der Waals surface area contributed by atoms with Crippen LogP contribution < -0.4 is 0 Å². The first-order valence-corrected chi connectivity index (χ1v) is 3.70. The summed E-state index contributed by atoms with van der Waals surface area (Å²) >= 11 is 4.68. The molecule has 0 bridgehead atoms. The van der Waals surface area contributed by atoms with E-state index in [1.807, 2.05) is 5.38 Å². The maximum atomic E-state index is 3.97. The lowest BCUT2D eigenvalue weighted by Gasteiger charge is -1.78. The second-order valence-electron chi connectivity index (χ2n) is 1.26. The second-order valence-corrected chi connectivity index (χ2v) is 2.65. The number of hydrogen-bond acceptors (Lipinski definition) is 2. The summed E-state index contributed by atoms with van der Waals surface area (Å²) in [6.45, 7) is 3.60. The fourth-order valence-corrected chi connectivity index (χ4v) is 1.61. The highest BCUT2D eigenvalue weighted by atomic mass is 79.9. The molecule has 0 radical (unpaired) electrons. The van der Waals surface area contributed by atoms with Gasteiger partial charge >= 0.3 is 0 Å². The van der Waals surface area contributed by atoms with Gasteiger partial charge in [0.1, 0.15) is 4.60 Å². The Morgan fingerprint density at radius 1 is 1.88 bits per heavy atom. The number of hydrogen-bond donors (Lipinski definition) is 0. The van der Waals surface area contributed by atoms with E-state index >= 15 is 0 Å². The standard InChI is InChI=1S/C5H4BrNS/c1-2-4-3-8-7-5(4)6/h2-3H,1H2. The van der Waals surface area contributed by atoms with Crippen molar-refractivity contribution in [2.45, 2.75) is 0 Å². The maximum Gasteiger partial charge on any atom is 0.127 e. The SMILES string of the molecule is C=Cc1csnc1Br. The predicted molar refractivity (Wildman–Crippen MR) is 39.9 cm³/mol. The minimum absolute atomic E-state index is 0.887. The van der Waals surface area contributed by atoms with Crippen molar-refractivity contribution >= 4 is 33.5 Å². The van der Waals surface area contributed by atoms with Crippen LogP contribution >= 0.6 is 27.5 Å². The largest absolute Gasteiger partial charge is 0.185 e. The first kappa shape index (κ1) is 5.98. The second kappa shape index (κ2) is 2.42. The zero-order valence-corrected chi connectivity index (χ0v) is 6.50. The molecule has 0 spiro atoms. The van der Waals surface area contributed by atoms with E-state index in [0.717, 1.165) is 10.2 Å². The molecule has 1 heterocycles. The highest BCUT2D eigenvalue weighted by molar-refractivity contribution is 9.10. The maximum absolute atomic E-state index is 3.97. The van der Waals surface area contributed by atoms with Crippen LogP contribution in [-0.2, 0) is 0 Å². The van der Waals surface area contributed by atoms with Crippen molar-refractivity contribution in [1.29, 1.82) is 0 Å². The summed E-state index contributed by atoms with van der Waals surface area (Å²) in [4.78, 5) is 0. The van der Waals surface area contributed by atoms with Gasteiger partial charge in [-0.3, -0.25) is 0 Å². The number of aromatic nitrogens is 1. The summed E-state index contributed by atoms with van der Waals surface area (Å²) in [7, 11) is 0. The molecule has 0 unspecified atom stereocenters. The topological polar surface area (TPSA) is 12.9 Å². The van der Waals surface area contributed by atoms with Crippen LogP contribution in [0.4, 0.5) is 0 Å². The smallest absolute Gasteiger partial charge is 0.127 e. The Hall–Kier alpha value is -0.150. The van der Waals surface area contributed by atoms with E-state index in [0.29, 0.717) is 0 Å². The molecule has 1 rings (SSSR count). The molecule has 1 nitrogen and oxygen atoms in total. The molecule has 1 aromatic rings. The average molecular weight is 190 g/mol. The van der Waals surface area contributed by atoms with Crippen molar-refractivity contribution in [1.82, 2.24) is 4.37 Å². The summed E-state index contributed by atoms with van der Waals surface area (Å²) in [6, 6.07) is 0. The molecule has 0 saturated carbocycles. The molecular weight excluding hydrogens is 186 g/mol. The molecule has 3 heteroatoms. The molecule has 0 amide bonds. The fourth-order valence-electron chi connectivity index (χ4n) is 0.363. The van der Waals surface area contributed by atoms with Gasteiger partial charge < -0.3 is 0 Å². The van der Waals surface area contributed by atoms with Gasteiger partial charge in [0.25, 0.3) is 0 Å². The third-order valence-electron chi connectivity index (χ3n) is 0.771. The zero-order valence-electron chi connectivity index (χ0n) is 4.10. The Balaban J connectivity index is 3.09. The monoisotopic (exact) mass is 189 g/mol. The van der Waals surface area contributed by atoms with Crippen LogP contribution in [0, 0.1) is 0 Å². The van der Waals surface area contributed by atoms with Gasteiger partial charge in [0.05, 0.1) is 0 Å². The Kier molecular flexibility index (Phi) is 1.81. The Labute approximate surface area is 60.3 Å². The summed E-state index contributed by atoms with van der Waals surface area (Å²) in [5.41, 5.74) is 1.06. The van der Waals surface area contributed by atoms with E-state index in [4.69, 9.17) is 0 Å². The summed E-state index contributed by atoms with van der Waals surface area (Å²) in [6.07, 6.45) is 1.77. The summed E-state index contributed by atoms with van der Waals surface area (Å²) in [5.74, 6) is 0. The van der Waals surface area contributed by atoms with Gasteiger partial charge in [-0.25, -0.2) is 0 Å². The van der Waals surface area contributed by atoms with Crippen LogP contribution in [0.3, 0.4) is 0 Å². The van der Waals surface area contributed by atoms with E-state index < -0.39 is 0 Å². The van der Waals surface area contributed by atoms with Crippen LogP contribution in [0.15, 0.2) is 16.6 Å². The Morgan fingerprint density at radius 2 is 2.62 bits per heavy atom. The summed E-state index contributed by atoms with van der Waals surface area (Å²) in [5, 5.41) is 1.94. The van der Waals surface area contributed by atoms with Crippen LogP contribution in [-0.4, -0.2) is 4.37 Å². The molecule has 0 N–H and O–H groups in total. The quantitative estimate of drug-likeness (QED) is 0.663. The van der Waals surface area contributed by atoms with Crippen molar-refractivity contribution in [3.05, 3.63) is 22.1 Å². The lowest BCUT2D eigenvalue weighted by atomic mass is 10.4. The Bertz CT molecular complexity index is 194. The molecule has 1 aromatic heterocycles. The molecule has 42 valence electrons. The van der Waals surface area contributed by atoms with Crippen LogP contribution in [0.25, 0.3) is 6.08 Å². The van der Waals surface area contributed by atoms with Crippen LogP contribution in [0.2, 0.25) is 0 Å². The summed E-state index contributed by atoms with van der Waals surface area (Å²) < 4.78 is 4.86. The molecule has 0 aliphatic carbocycles. The molecule has 0 saturated heterocycles. The third-order valence-corrected chi connectivity index (χ3v) is 2.29. The van der Waals surface area contributed by atoms with E-state index in [1.54, 1.807) is 6.08 Å². The molecule has 0 atom stereocenters. The van der Waals surface area contributed by atoms with E-state index in [2.05, 4.69) is 26.9 Å². The van der Waals surface area contributed by atoms with Gasteiger partial charge in [-0.15, -0.1) is 0 Å². The lowest BCUT2D eigenvalue weighted by molar-refractivity contribution is 1.48. The van der Waals surface area contributed by atoms with Crippen LogP contribution in [0.1, 0.15) is 5.56 Å². The van der Waals surface area contributed by atoms with Crippen molar-refractivity contribution in [3.8, 4) is 0 Å². The van der Waals surface area contributed by atoms with Crippen molar-refractivity contribution in [3.63, 3.8) is 0 Å². The number of halogens is 1. The number of rotatable bonds is 1. The molecular formula is C5H4BrNS. The first-order valence-electron chi connectivity index (χ1n) is 2.07. The highest BCUT2D eigenvalue weighted by Crippen LogP contribution is 2.17. The van der Waals surface area contributed by atoms with Crippen molar-refractivity contribution in [2.75, 3.05) is 0 Å². The van der Waals surface area contributed by atoms with E-state index in [9.17, 15) is 0 Å². The average Bonchev–Trinajstić information content (AvgIpc) is 2.14. The normalized spacial score (nSPS) is 9.12. The number of nitrogens with zero attached hydrogens (tertiary/aromatic N) is 1. The first-order chi connectivity index (χ1) is 3.84. The van der Waals surface area contributed by atoms with Crippen LogP contribution in [0.5, 0.6) is 0 Å². The minimum Gasteiger partial charge on any atom is -0.185 e. The lowest BCUT2D eigenvalue weighted by Crippen LogP contribution is -1.62. The van der Waals surface area contributed by atoms with Gasteiger partial charge in [-0.05, 0) is 27.5 Å². The Morgan fingerprint density at radius 3 is 2.88 bits per heavy atom. The molecule has 0 aromatic carbocycles. The highest BCUT2D eigenvalue weighted by Gasteiger charge is 1.94. The fraction of sp³-hybridized carbons (Fsp3) is 0. The minimum atomic E-state index is 0.887. The van der Waals surface area contributed by atoms with Gasteiger partial charge in [0.15, 0.2) is 0 Å². The molecule has 0 aliphatic rings. The molecule has 0 aliphatic heterocycles. The van der Waals surface area contributed by atoms with Gasteiger partial charge in [0, 0.05) is 10.9 Å². The van der Waals surface area contributed by atoms with E-state index in [-0.39, 0.29) is 0 Å².